The zero-order valence-corrected chi connectivity index (χ0v) is 30.1. The monoisotopic (exact) mass is 726 g/mol. The highest BCUT2D eigenvalue weighted by atomic mass is 32.2. The number of rotatable bonds is 13. The third-order valence-corrected chi connectivity index (χ3v) is 11.4. The summed E-state index contributed by atoms with van der Waals surface area (Å²) >= 11 is 4.28. The van der Waals surface area contributed by atoms with Gasteiger partial charge in [0.2, 0.25) is 11.8 Å². The fourth-order valence-electron chi connectivity index (χ4n) is 5.56. The molecule has 11 heteroatoms. The van der Waals surface area contributed by atoms with Crippen molar-refractivity contribution in [2.45, 2.75) is 34.3 Å². The normalized spacial score (nSPS) is 11.8. The maximum absolute atomic E-state index is 13.4. The summed E-state index contributed by atoms with van der Waals surface area (Å²) in [5.74, 6) is 0.766. The highest BCUT2D eigenvalue weighted by Crippen LogP contribution is 2.33. The van der Waals surface area contributed by atoms with Crippen LogP contribution in [-0.4, -0.2) is 42.6 Å². The minimum Gasteiger partial charge on any atom is -0.344 e. The van der Waals surface area contributed by atoms with Crippen molar-refractivity contribution < 1.29 is 9.59 Å². The van der Waals surface area contributed by atoms with Crippen LogP contribution < -0.4 is 10.6 Å². The standard InChI is InChI=1S/C40H34N6O2S3/c1-27(50-39-45-44-37(31-20-12-5-13-21-31)46(39)25-28-14-6-2-7-15-28)38(48)41-32-22-23-33-34(24-32)51-40(42-33)49-26-35(47)43-36(29-16-8-3-9-17-29)30-18-10-4-11-19-30/h2-24,27,36H,25-26H2,1H3,(H,41,48)(H,43,47)/t27-/m0/s1. The van der Waals surface area contributed by atoms with Crippen molar-refractivity contribution in [2.24, 2.45) is 0 Å². The second-order valence-electron chi connectivity index (χ2n) is 11.8. The van der Waals surface area contributed by atoms with E-state index in [4.69, 9.17) is 4.98 Å². The Balaban J connectivity index is 0.992. The van der Waals surface area contributed by atoms with Crippen LogP contribution in [0.4, 0.5) is 5.69 Å². The van der Waals surface area contributed by atoms with Crippen LogP contribution in [0.1, 0.15) is 29.7 Å². The van der Waals surface area contributed by atoms with Crippen LogP contribution in [0.5, 0.6) is 0 Å². The Bertz CT molecular complexity index is 2190. The molecule has 0 unspecified atom stereocenters. The largest absolute Gasteiger partial charge is 0.344 e. The van der Waals surface area contributed by atoms with E-state index in [1.54, 1.807) is 0 Å². The Morgan fingerprint density at radius 1 is 0.784 bits per heavy atom. The van der Waals surface area contributed by atoms with E-state index in [0.717, 1.165) is 42.6 Å². The van der Waals surface area contributed by atoms with Crippen molar-refractivity contribution in [2.75, 3.05) is 11.1 Å². The van der Waals surface area contributed by atoms with Gasteiger partial charge in [0.05, 0.1) is 33.8 Å². The summed E-state index contributed by atoms with van der Waals surface area (Å²) in [7, 11) is 0. The molecule has 0 aliphatic heterocycles. The molecule has 8 nitrogen and oxygen atoms in total. The molecular formula is C40H34N6O2S3. The summed E-state index contributed by atoms with van der Waals surface area (Å²) in [6, 6.07) is 45.5. The number of aromatic nitrogens is 4. The van der Waals surface area contributed by atoms with Crippen LogP contribution in [-0.2, 0) is 16.1 Å². The number of anilines is 1. The van der Waals surface area contributed by atoms with Gasteiger partial charge in [0, 0.05) is 11.3 Å². The number of carbonyl (C=O) groups excluding carboxylic acids is 2. The lowest BCUT2D eigenvalue weighted by molar-refractivity contribution is -0.119. The predicted molar refractivity (Wildman–Crippen MR) is 208 cm³/mol. The van der Waals surface area contributed by atoms with Gasteiger partial charge in [-0.2, -0.15) is 0 Å². The van der Waals surface area contributed by atoms with Crippen molar-refractivity contribution in [1.29, 1.82) is 0 Å². The number of thioether (sulfide) groups is 2. The van der Waals surface area contributed by atoms with Crippen LogP contribution in [0.3, 0.4) is 0 Å². The van der Waals surface area contributed by atoms with Crippen molar-refractivity contribution >= 4 is 62.6 Å². The second kappa shape index (κ2) is 16.2. The third-order valence-electron chi connectivity index (χ3n) is 8.12. The van der Waals surface area contributed by atoms with Crippen molar-refractivity contribution in [1.82, 2.24) is 25.1 Å². The molecular weight excluding hydrogens is 693 g/mol. The first-order valence-electron chi connectivity index (χ1n) is 16.4. The summed E-state index contributed by atoms with van der Waals surface area (Å²) in [4.78, 5) is 31.3. The molecule has 7 aromatic rings. The lowest BCUT2D eigenvalue weighted by atomic mass is 9.99. The minimum absolute atomic E-state index is 0.0770. The molecule has 254 valence electrons. The summed E-state index contributed by atoms with van der Waals surface area (Å²) in [5.41, 5.74) is 5.63. The van der Waals surface area contributed by atoms with Crippen LogP contribution in [0, 0.1) is 0 Å². The van der Waals surface area contributed by atoms with Crippen molar-refractivity contribution in [3.05, 3.63) is 156 Å². The third kappa shape index (κ3) is 8.57. The fraction of sp³-hybridized carbons (Fsp3) is 0.125. The van der Waals surface area contributed by atoms with Gasteiger partial charge in [-0.25, -0.2) is 4.98 Å². The molecule has 2 N–H and O–H groups in total. The van der Waals surface area contributed by atoms with E-state index in [-0.39, 0.29) is 23.6 Å². The van der Waals surface area contributed by atoms with Gasteiger partial charge in [-0.05, 0) is 41.8 Å². The van der Waals surface area contributed by atoms with E-state index in [2.05, 4.69) is 37.5 Å². The van der Waals surface area contributed by atoms with Crippen LogP contribution >= 0.6 is 34.9 Å². The first-order valence-corrected chi connectivity index (χ1v) is 19.1. The van der Waals surface area contributed by atoms with Crippen LogP contribution in [0.25, 0.3) is 21.6 Å². The number of thiazole rings is 1. The van der Waals surface area contributed by atoms with Gasteiger partial charge in [-0.1, -0.05) is 145 Å². The Morgan fingerprint density at radius 2 is 1.41 bits per heavy atom. The average Bonchev–Trinajstić information content (AvgIpc) is 3.77. The highest BCUT2D eigenvalue weighted by molar-refractivity contribution is 8.01. The summed E-state index contributed by atoms with van der Waals surface area (Å²) in [6.07, 6.45) is 0. The number of hydrogen-bond donors (Lipinski definition) is 2. The molecule has 2 amide bonds. The van der Waals surface area contributed by atoms with E-state index >= 15 is 0 Å². The molecule has 0 spiro atoms. The van der Waals surface area contributed by atoms with Gasteiger partial charge >= 0.3 is 0 Å². The van der Waals surface area contributed by atoms with E-state index in [0.29, 0.717) is 17.4 Å². The molecule has 7 rings (SSSR count). The number of nitrogens with zero attached hydrogens (tertiary/aromatic N) is 4. The molecule has 2 heterocycles. The first kappa shape index (κ1) is 34.2. The zero-order chi connectivity index (χ0) is 35.0. The summed E-state index contributed by atoms with van der Waals surface area (Å²) in [5, 5.41) is 15.5. The Labute approximate surface area is 308 Å². The van der Waals surface area contributed by atoms with Gasteiger partial charge in [0.25, 0.3) is 0 Å². The number of amides is 2. The Hall–Kier alpha value is -5.23. The quantitative estimate of drug-likeness (QED) is 0.115. The average molecular weight is 727 g/mol. The molecule has 5 aromatic carbocycles. The van der Waals surface area contributed by atoms with Crippen molar-refractivity contribution in [3.8, 4) is 11.4 Å². The number of nitrogens with one attached hydrogen (secondary N) is 2. The van der Waals surface area contributed by atoms with Gasteiger partial charge < -0.3 is 10.6 Å². The second-order valence-corrected chi connectivity index (χ2v) is 15.3. The first-order chi connectivity index (χ1) is 25.0. The molecule has 0 saturated carbocycles. The number of carbonyl (C=O) groups is 2. The summed E-state index contributed by atoms with van der Waals surface area (Å²) in [6.45, 7) is 2.45. The molecule has 0 fully saturated rings. The van der Waals surface area contributed by atoms with Gasteiger partial charge in [0.1, 0.15) is 0 Å². The SMILES string of the molecule is C[C@H](Sc1nnc(-c2ccccc2)n1Cc1ccccc1)C(=O)Nc1ccc2nc(SCC(=O)NC(c3ccccc3)c3ccccc3)sc2c1. The Morgan fingerprint density at radius 3 is 2.08 bits per heavy atom. The molecule has 51 heavy (non-hydrogen) atoms. The minimum atomic E-state index is -0.440. The summed E-state index contributed by atoms with van der Waals surface area (Å²) < 4.78 is 3.78. The van der Waals surface area contributed by atoms with Crippen LogP contribution in [0.2, 0.25) is 0 Å². The van der Waals surface area contributed by atoms with Crippen LogP contribution in [0.15, 0.2) is 149 Å². The molecule has 0 aliphatic rings. The van der Waals surface area contributed by atoms with Gasteiger partial charge in [0.15, 0.2) is 15.3 Å². The molecule has 0 aliphatic carbocycles. The fourth-order valence-corrected chi connectivity index (χ4v) is 8.33. The number of hydrogen-bond acceptors (Lipinski definition) is 8. The van der Waals surface area contributed by atoms with E-state index < -0.39 is 5.25 Å². The lowest BCUT2D eigenvalue weighted by Crippen LogP contribution is -2.30. The van der Waals surface area contributed by atoms with E-state index in [9.17, 15) is 9.59 Å². The molecule has 2 aromatic heterocycles. The maximum Gasteiger partial charge on any atom is 0.237 e. The van der Waals surface area contributed by atoms with Gasteiger partial charge in [-0.3, -0.25) is 14.2 Å². The smallest absolute Gasteiger partial charge is 0.237 e. The number of fused-ring (bicyclic) bond motifs is 1. The molecule has 0 saturated heterocycles. The predicted octanol–water partition coefficient (Wildman–Crippen LogP) is 8.72. The molecule has 0 radical (unpaired) electrons. The zero-order valence-electron chi connectivity index (χ0n) is 27.7. The maximum atomic E-state index is 13.4. The Kier molecular flexibility index (Phi) is 10.9. The highest BCUT2D eigenvalue weighted by Gasteiger charge is 2.22. The van der Waals surface area contributed by atoms with Crippen molar-refractivity contribution in [3.63, 3.8) is 0 Å². The van der Waals surface area contributed by atoms with E-state index in [1.165, 1.54) is 34.9 Å². The molecule has 0 bridgehead atoms. The topological polar surface area (TPSA) is 102 Å². The van der Waals surface area contributed by atoms with Gasteiger partial charge in [-0.15, -0.1) is 21.5 Å². The van der Waals surface area contributed by atoms with E-state index in [1.807, 2.05) is 134 Å². The molecule has 1 atom stereocenters. The number of benzene rings is 5. The lowest BCUT2D eigenvalue weighted by Gasteiger charge is -2.19.